The number of amidine groups is 1. The molecule has 1 aromatic carbocycles. The number of hydrazine groups is 1. The van der Waals surface area contributed by atoms with Crippen LogP contribution in [-0.2, 0) is 21.4 Å². The topological polar surface area (TPSA) is 122 Å². The molecule has 266 valence electrons. The van der Waals surface area contributed by atoms with Crippen molar-refractivity contribution in [3.63, 3.8) is 0 Å². The van der Waals surface area contributed by atoms with E-state index in [-0.39, 0.29) is 43.2 Å². The third kappa shape index (κ3) is 8.52. The smallest absolute Gasteiger partial charge is 0.251 e. The summed E-state index contributed by atoms with van der Waals surface area (Å²) >= 11 is 0. The van der Waals surface area contributed by atoms with Crippen molar-refractivity contribution in [2.24, 2.45) is 4.99 Å². The van der Waals surface area contributed by atoms with Crippen LogP contribution in [0.1, 0.15) is 87.2 Å². The van der Waals surface area contributed by atoms with Gasteiger partial charge < -0.3 is 25.7 Å². The lowest BCUT2D eigenvalue weighted by Gasteiger charge is -2.41. The molecule has 50 heavy (non-hydrogen) atoms. The Labute approximate surface area is 297 Å². The van der Waals surface area contributed by atoms with E-state index in [2.05, 4.69) is 90.9 Å². The molecular weight excluding hydrogens is 626 g/mol. The zero-order chi connectivity index (χ0) is 35.7. The van der Waals surface area contributed by atoms with E-state index in [4.69, 9.17) is 9.73 Å². The number of nitrogens with zero attached hydrogens (tertiary/aromatic N) is 4. The lowest BCUT2D eigenvalue weighted by molar-refractivity contribution is -0.130. The number of ether oxygens (including phenoxy) is 1. The molecule has 5 rings (SSSR count). The number of likely N-dealkylation sites (tertiary alicyclic amines) is 1. The highest BCUT2D eigenvalue weighted by Crippen LogP contribution is 2.42. The van der Waals surface area contributed by atoms with Crippen molar-refractivity contribution >= 4 is 17.6 Å². The minimum atomic E-state index is -0.627. The Morgan fingerprint density at radius 1 is 1.26 bits per heavy atom. The Hall–Kier alpha value is -4.30. The number of carbonyl (C=O) groups is 2. The first-order valence-electron chi connectivity index (χ1n) is 17.9. The fraction of sp³-hybridized carbons (Fsp3) is 0.500. The van der Waals surface area contributed by atoms with E-state index in [9.17, 15) is 14.9 Å². The number of allylic oxidation sites excluding steroid dienone is 7. The monoisotopic (exact) mass is 679 g/mol. The molecule has 1 fully saturated rings. The molecule has 1 aromatic rings. The maximum Gasteiger partial charge on any atom is 0.251 e. The molecule has 0 aromatic heterocycles. The van der Waals surface area contributed by atoms with Gasteiger partial charge in [0.15, 0.2) is 0 Å². The van der Waals surface area contributed by atoms with E-state index in [0.717, 1.165) is 61.9 Å². The molecule has 0 radical (unpaired) electrons. The SMILES string of the molecule is C=CC/C1=C(\C)CCC(C[C@@H](C)NCC(=O)N2CCCC2C#N)(C2=NCOCN(C3C=CC=C(C)C=C3)N2)c2ccc(C(=O)NC)cc2CC1. The summed E-state index contributed by atoms with van der Waals surface area (Å²) in [4.78, 5) is 33.1. The molecule has 0 bridgehead atoms. The highest BCUT2D eigenvalue weighted by Gasteiger charge is 2.43. The van der Waals surface area contributed by atoms with Crippen LogP contribution in [0.25, 0.3) is 0 Å². The first-order chi connectivity index (χ1) is 24.2. The van der Waals surface area contributed by atoms with Gasteiger partial charge in [-0.1, -0.05) is 59.2 Å². The number of hydrogen-bond donors (Lipinski definition) is 3. The molecule has 2 heterocycles. The number of nitriles is 1. The molecule has 10 heteroatoms. The maximum absolute atomic E-state index is 13.3. The van der Waals surface area contributed by atoms with E-state index in [0.29, 0.717) is 25.3 Å². The summed E-state index contributed by atoms with van der Waals surface area (Å²) in [6.45, 7) is 11.8. The number of fused-ring (bicyclic) bond motifs is 1. The summed E-state index contributed by atoms with van der Waals surface area (Å²) in [5, 5.41) is 18.0. The van der Waals surface area contributed by atoms with Crippen molar-refractivity contribution in [3.8, 4) is 6.07 Å². The summed E-state index contributed by atoms with van der Waals surface area (Å²) in [5.41, 5.74) is 9.88. The predicted molar refractivity (Wildman–Crippen MR) is 198 cm³/mol. The third-order valence-corrected chi connectivity index (χ3v) is 10.5. The van der Waals surface area contributed by atoms with Crippen LogP contribution in [0, 0.1) is 11.3 Å². The first kappa shape index (κ1) is 37.0. The molecule has 2 aliphatic carbocycles. The molecular formula is C40H53N7O3. The van der Waals surface area contributed by atoms with Crippen LogP contribution in [0.15, 0.2) is 82.9 Å². The fourth-order valence-corrected chi connectivity index (χ4v) is 7.70. The van der Waals surface area contributed by atoms with Crippen LogP contribution in [0.3, 0.4) is 0 Å². The lowest BCUT2D eigenvalue weighted by Crippen LogP contribution is -2.56. The number of amides is 2. The van der Waals surface area contributed by atoms with E-state index < -0.39 is 5.41 Å². The Morgan fingerprint density at radius 2 is 2.10 bits per heavy atom. The lowest BCUT2D eigenvalue weighted by atomic mass is 9.68. The van der Waals surface area contributed by atoms with Crippen LogP contribution < -0.4 is 16.1 Å². The third-order valence-electron chi connectivity index (χ3n) is 10.5. The van der Waals surface area contributed by atoms with Crippen molar-refractivity contribution in [1.82, 2.24) is 26.0 Å². The Kier molecular flexibility index (Phi) is 12.6. The van der Waals surface area contributed by atoms with Gasteiger partial charge in [-0.25, -0.2) is 4.99 Å². The zero-order valence-corrected chi connectivity index (χ0v) is 30.1. The van der Waals surface area contributed by atoms with Gasteiger partial charge in [-0.05, 0) is 95.4 Å². The maximum atomic E-state index is 13.3. The number of benzene rings is 1. The van der Waals surface area contributed by atoms with Gasteiger partial charge in [-0.2, -0.15) is 10.3 Å². The van der Waals surface area contributed by atoms with Gasteiger partial charge in [0.2, 0.25) is 5.91 Å². The van der Waals surface area contributed by atoms with Gasteiger partial charge in [0.25, 0.3) is 5.91 Å². The molecule has 2 amide bonds. The molecule has 3 unspecified atom stereocenters. The first-order valence-corrected chi connectivity index (χ1v) is 17.9. The van der Waals surface area contributed by atoms with Gasteiger partial charge in [0.05, 0.1) is 24.1 Å². The quantitative estimate of drug-likeness (QED) is 0.284. The molecule has 4 atom stereocenters. The van der Waals surface area contributed by atoms with Crippen LogP contribution in [0.4, 0.5) is 0 Å². The Bertz CT molecular complexity index is 1630. The molecule has 10 nitrogen and oxygen atoms in total. The predicted octanol–water partition coefficient (Wildman–Crippen LogP) is 5.38. The van der Waals surface area contributed by atoms with E-state index >= 15 is 0 Å². The molecule has 0 saturated carbocycles. The number of carbonyl (C=O) groups excluding carboxylic acids is 2. The number of rotatable bonds is 10. The minimum Gasteiger partial charge on any atom is -0.355 e. The fourth-order valence-electron chi connectivity index (χ4n) is 7.70. The number of aryl methyl sites for hydroxylation is 1. The standard InChI is InChI=1S/C40H53N7O3/c1-6-9-31-14-15-32-22-33(38(49)42-5)16-18-36(32)40(20-19-29(31)3,23-30(4)43-25-37(48)46-21-8-12-35(46)24-41)39-44-26-50-27-47(45-39)34-11-7-10-28(2)13-17-34/h6-7,10-11,13,16-18,22,30,34-35,43H,1,8-9,12,14-15,19-21,23,25-27H2,2-5H3,(H,42,49)(H,44,45)/b31-29-/t30-,34?,35?,40?/m1/s1. The molecule has 3 N–H and O–H groups in total. The normalized spacial score (nSPS) is 26.4. The van der Waals surface area contributed by atoms with Gasteiger partial charge in [-0.3, -0.25) is 9.59 Å². The van der Waals surface area contributed by atoms with Crippen LogP contribution >= 0.6 is 0 Å². The highest BCUT2D eigenvalue weighted by molar-refractivity contribution is 5.96. The van der Waals surface area contributed by atoms with Crippen molar-refractivity contribution < 1.29 is 14.3 Å². The second-order valence-corrected chi connectivity index (χ2v) is 14.0. The summed E-state index contributed by atoms with van der Waals surface area (Å²) in [6.07, 6.45) is 18.8. The summed E-state index contributed by atoms with van der Waals surface area (Å²) in [5.74, 6) is 0.639. The van der Waals surface area contributed by atoms with Gasteiger partial charge in [0.1, 0.15) is 25.3 Å². The molecule has 2 aliphatic heterocycles. The van der Waals surface area contributed by atoms with Gasteiger partial charge >= 0.3 is 0 Å². The molecule has 0 spiro atoms. The average molecular weight is 680 g/mol. The van der Waals surface area contributed by atoms with E-state index in [1.54, 1.807) is 11.9 Å². The van der Waals surface area contributed by atoms with Gasteiger partial charge in [0, 0.05) is 25.2 Å². The highest BCUT2D eigenvalue weighted by atomic mass is 16.5. The number of aliphatic imine (C=N–C) groups is 1. The Balaban J connectivity index is 1.58. The van der Waals surface area contributed by atoms with E-state index in [1.807, 2.05) is 18.2 Å². The summed E-state index contributed by atoms with van der Waals surface area (Å²) in [7, 11) is 1.66. The Morgan fingerprint density at radius 3 is 2.88 bits per heavy atom. The van der Waals surface area contributed by atoms with E-state index in [1.165, 1.54) is 16.7 Å². The molecule has 1 saturated heterocycles. The average Bonchev–Trinajstić information content (AvgIpc) is 3.35. The second-order valence-electron chi connectivity index (χ2n) is 14.0. The van der Waals surface area contributed by atoms with Crippen molar-refractivity contribution in [2.75, 3.05) is 33.6 Å². The number of hydrogen-bond acceptors (Lipinski definition) is 8. The van der Waals surface area contributed by atoms with Crippen LogP contribution in [0.5, 0.6) is 0 Å². The van der Waals surface area contributed by atoms with Crippen LogP contribution in [0.2, 0.25) is 0 Å². The van der Waals surface area contributed by atoms with Gasteiger partial charge in [-0.15, -0.1) is 6.58 Å². The van der Waals surface area contributed by atoms with Crippen LogP contribution in [-0.4, -0.2) is 79.3 Å². The summed E-state index contributed by atoms with van der Waals surface area (Å²) in [6, 6.07) is 7.84. The largest absolute Gasteiger partial charge is 0.355 e. The second kappa shape index (κ2) is 17.1. The summed E-state index contributed by atoms with van der Waals surface area (Å²) < 4.78 is 6.09. The zero-order valence-electron chi connectivity index (χ0n) is 30.1. The van der Waals surface area contributed by atoms with Crippen molar-refractivity contribution in [1.29, 1.82) is 5.26 Å². The number of nitrogens with one attached hydrogen (secondary N) is 3. The molecule has 4 aliphatic rings. The van der Waals surface area contributed by atoms with Crippen molar-refractivity contribution in [3.05, 3.63) is 94.6 Å². The minimum absolute atomic E-state index is 0.0479. The van der Waals surface area contributed by atoms with Crippen molar-refractivity contribution in [2.45, 2.75) is 95.7 Å².